The molecule has 0 aromatic heterocycles. The zero-order valence-electron chi connectivity index (χ0n) is 26.3. The predicted octanol–water partition coefficient (Wildman–Crippen LogP) is 12.8. The molecule has 8 aromatic rings. The Labute approximate surface area is 279 Å². The summed E-state index contributed by atoms with van der Waals surface area (Å²) in [7, 11) is 0. The van der Waals surface area contributed by atoms with E-state index in [0.717, 1.165) is 35.0 Å². The lowest BCUT2D eigenvalue weighted by Gasteiger charge is -2.28. The number of para-hydroxylation sites is 1. The smallest absolute Gasteiger partial charge is 0.155 e. The highest BCUT2D eigenvalue weighted by atomic mass is 16.5. The van der Waals surface area contributed by atoms with Crippen LogP contribution in [0.3, 0.4) is 0 Å². The summed E-state index contributed by atoms with van der Waals surface area (Å²) in [5, 5.41) is 10.2. The van der Waals surface area contributed by atoms with E-state index in [2.05, 4.69) is 175 Å². The fourth-order valence-corrected chi connectivity index (χ4v) is 7.88. The first kappa shape index (κ1) is 27.0. The lowest BCUT2D eigenvalue weighted by molar-refractivity contribution is 0.426. The predicted molar refractivity (Wildman–Crippen MR) is 202 cm³/mol. The van der Waals surface area contributed by atoms with Gasteiger partial charge >= 0.3 is 0 Å². The van der Waals surface area contributed by atoms with Crippen LogP contribution in [0.2, 0.25) is 0 Å². The number of benzene rings is 8. The number of ether oxygens (including phenoxy) is 1. The van der Waals surface area contributed by atoms with Crippen molar-refractivity contribution >= 4 is 60.2 Å². The maximum Gasteiger partial charge on any atom is 0.155 e. The van der Waals surface area contributed by atoms with E-state index in [4.69, 9.17) is 4.74 Å². The second-order valence-corrected chi connectivity index (χ2v) is 12.9. The van der Waals surface area contributed by atoms with Crippen LogP contribution in [0.1, 0.15) is 17.9 Å². The van der Waals surface area contributed by atoms with Crippen LogP contribution >= 0.6 is 0 Å². The summed E-state index contributed by atoms with van der Waals surface area (Å²) in [6.07, 6.45) is 7.44. The third kappa shape index (κ3) is 4.19. The molecule has 0 radical (unpaired) electrons. The van der Waals surface area contributed by atoms with E-state index < -0.39 is 0 Å². The summed E-state index contributed by atoms with van der Waals surface area (Å²) in [6, 6.07) is 55.1. The van der Waals surface area contributed by atoms with Crippen molar-refractivity contribution in [2.75, 3.05) is 4.90 Å². The van der Waals surface area contributed by atoms with Gasteiger partial charge in [0.2, 0.25) is 0 Å². The molecular weight excluding hydrogens is 583 g/mol. The van der Waals surface area contributed by atoms with Gasteiger partial charge in [0, 0.05) is 22.9 Å². The second-order valence-electron chi connectivity index (χ2n) is 12.9. The van der Waals surface area contributed by atoms with E-state index in [-0.39, 0.29) is 5.92 Å². The molecule has 1 atom stereocenters. The van der Waals surface area contributed by atoms with Crippen molar-refractivity contribution in [3.05, 3.63) is 181 Å². The van der Waals surface area contributed by atoms with Crippen molar-refractivity contribution in [3.63, 3.8) is 0 Å². The Morgan fingerprint density at radius 1 is 0.521 bits per heavy atom. The Balaban J connectivity index is 1.10. The number of rotatable bonds is 4. The molecule has 0 bridgehead atoms. The van der Waals surface area contributed by atoms with Gasteiger partial charge in [-0.05, 0) is 103 Å². The molecule has 0 saturated heterocycles. The van der Waals surface area contributed by atoms with Crippen molar-refractivity contribution in [2.24, 2.45) is 0 Å². The molecule has 0 saturated carbocycles. The number of nitrogens with zero attached hydrogens (tertiary/aromatic N) is 1. The summed E-state index contributed by atoms with van der Waals surface area (Å²) in [6.45, 7) is 0. The van der Waals surface area contributed by atoms with Crippen LogP contribution in [0.4, 0.5) is 17.1 Å². The monoisotopic (exact) mass is 613 g/mol. The Morgan fingerprint density at radius 2 is 1.17 bits per heavy atom. The Kier molecular flexibility index (Phi) is 6.04. The third-order valence-electron chi connectivity index (χ3n) is 10.1. The highest BCUT2D eigenvalue weighted by molar-refractivity contribution is 6.20. The van der Waals surface area contributed by atoms with Gasteiger partial charge in [0.15, 0.2) is 5.75 Å². The molecule has 0 fully saturated rings. The quantitative estimate of drug-likeness (QED) is 0.183. The average molecular weight is 614 g/mol. The topological polar surface area (TPSA) is 12.5 Å². The van der Waals surface area contributed by atoms with E-state index >= 15 is 0 Å². The Hall–Kier alpha value is -6.12. The average Bonchev–Trinajstić information content (AvgIpc) is 3.55. The lowest BCUT2D eigenvalue weighted by atomic mass is 9.88. The van der Waals surface area contributed by atoms with Crippen molar-refractivity contribution in [1.29, 1.82) is 0 Å². The lowest BCUT2D eigenvalue weighted by Crippen LogP contribution is -2.11. The minimum atomic E-state index is 0.234. The molecule has 226 valence electrons. The highest BCUT2D eigenvalue weighted by Gasteiger charge is 2.35. The summed E-state index contributed by atoms with van der Waals surface area (Å²) in [4.78, 5) is 2.35. The molecule has 48 heavy (non-hydrogen) atoms. The molecule has 8 aromatic carbocycles. The second kappa shape index (κ2) is 10.7. The van der Waals surface area contributed by atoms with Gasteiger partial charge in [-0.1, -0.05) is 127 Å². The first-order valence-corrected chi connectivity index (χ1v) is 16.7. The molecule has 1 aliphatic carbocycles. The Bertz CT molecular complexity index is 2610. The molecule has 0 spiro atoms. The van der Waals surface area contributed by atoms with Gasteiger partial charge in [0.1, 0.15) is 5.76 Å². The molecule has 2 aliphatic rings. The number of fused-ring (bicyclic) bond motifs is 10. The first-order valence-electron chi connectivity index (χ1n) is 16.7. The van der Waals surface area contributed by atoms with Crippen LogP contribution in [-0.4, -0.2) is 0 Å². The normalized spacial score (nSPS) is 15.0. The summed E-state index contributed by atoms with van der Waals surface area (Å²) >= 11 is 0. The summed E-state index contributed by atoms with van der Waals surface area (Å²) < 4.78 is 6.73. The van der Waals surface area contributed by atoms with Crippen molar-refractivity contribution < 1.29 is 4.74 Å². The highest BCUT2D eigenvalue weighted by Crippen LogP contribution is 2.54. The van der Waals surface area contributed by atoms with Crippen LogP contribution in [0.25, 0.3) is 54.2 Å². The van der Waals surface area contributed by atoms with Gasteiger partial charge in [-0.3, -0.25) is 0 Å². The number of hydrogen-bond donors (Lipinski definition) is 0. The van der Waals surface area contributed by atoms with Crippen LogP contribution in [0.15, 0.2) is 176 Å². The van der Waals surface area contributed by atoms with Crippen molar-refractivity contribution in [3.8, 4) is 16.9 Å². The van der Waals surface area contributed by atoms with E-state index in [9.17, 15) is 0 Å². The van der Waals surface area contributed by atoms with E-state index in [0.29, 0.717) is 0 Å². The maximum atomic E-state index is 6.73. The Morgan fingerprint density at radius 3 is 2.02 bits per heavy atom. The van der Waals surface area contributed by atoms with E-state index in [1.54, 1.807) is 0 Å². The molecule has 2 nitrogen and oxygen atoms in total. The molecular formula is C46H31NO. The summed E-state index contributed by atoms with van der Waals surface area (Å²) in [5.74, 6) is 2.22. The largest absolute Gasteiger partial charge is 0.459 e. The van der Waals surface area contributed by atoms with E-state index in [1.807, 2.05) is 0 Å². The minimum absolute atomic E-state index is 0.234. The molecule has 1 unspecified atom stereocenters. The zero-order valence-corrected chi connectivity index (χ0v) is 26.3. The minimum Gasteiger partial charge on any atom is -0.459 e. The molecule has 10 rings (SSSR count). The van der Waals surface area contributed by atoms with Gasteiger partial charge in [-0.2, -0.15) is 0 Å². The van der Waals surface area contributed by atoms with Gasteiger partial charge in [-0.25, -0.2) is 0 Å². The first-order chi connectivity index (χ1) is 23.8. The van der Waals surface area contributed by atoms with Crippen molar-refractivity contribution in [2.45, 2.75) is 12.3 Å². The zero-order chi connectivity index (χ0) is 31.6. The number of allylic oxidation sites excluding steroid dienone is 4. The maximum absolute atomic E-state index is 6.73. The van der Waals surface area contributed by atoms with Crippen LogP contribution in [-0.2, 0) is 0 Å². The standard InChI is InChI=1S/C46H31NO/c1-2-12-36(13-3-1)47(42-29-34-11-5-7-15-39(34)45-41-16-8-9-17-43(41)48-46(42)45)37-25-22-30(23-26-37)33-24-27-40-35(28-33)21-20-32-19-18-31-10-4-6-14-38(31)44(32)40/h1-15,17-29,41H,16H2. The molecule has 1 heterocycles. The van der Waals surface area contributed by atoms with Crippen LogP contribution in [0, 0.1) is 0 Å². The molecule has 2 heteroatoms. The number of anilines is 3. The van der Waals surface area contributed by atoms with Gasteiger partial charge in [-0.15, -0.1) is 0 Å². The van der Waals surface area contributed by atoms with Crippen LogP contribution in [0.5, 0.6) is 5.75 Å². The molecule has 0 amide bonds. The molecule has 0 N–H and O–H groups in total. The fourth-order valence-electron chi connectivity index (χ4n) is 7.88. The third-order valence-corrected chi connectivity index (χ3v) is 10.1. The van der Waals surface area contributed by atoms with Crippen molar-refractivity contribution in [1.82, 2.24) is 0 Å². The fraction of sp³-hybridized carbons (Fsp3) is 0.0435. The summed E-state index contributed by atoms with van der Waals surface area (Å²) in [5.41, 5.74) is 6.92. The molecule has 1 aliphatic heterocycles. The van der Waals surface area contributed by atoms with E-state index in [1.165, 1.54) is 59.8 Å². The number of hydrogen-bond acceptors (Lipinski definition) is 2. The SMILES string of the molecule is C1=CCC2C(=C1)Oc1c(N(c3ccccc3)c3ccc(-c4ccc5c(ccc6ccc7ccccc7c65)c4)cc3)cc3ccccc3c12. The van der Waals surface area contributed by atoms with Gasteiger partial charge < -0.3 is 9.64 Å². The van der Waals surface area contributed by atoms with Crippen LogP contribution < -0.4 is 9.64 Å². The van der Waals surface area contributed by atoms with Gasteiger partial charge in [0.05, 0.1) is 5.69 Å². The van der Waals surface area contributed by atoms with Gasteiger partial charge in [0.25, 0.3) is 0 Å².